The summed E-state index contributed by atoms with van der Waals surface area (Å²) in [5.41, 5.74) is 8.04. The Balaban J connectivity index is 1.87. The second kappa shape index (κ2) is 11.9. The van der Waals surface area contributed by atoms with Crippen molar-refractivity contribution in [1.82, 2.24) is 0 Å². The van der Waals surface area contributed by atoms with Crippen molar-refractivity contribution in [3.8, 4) is 28.4 Å². The van der Waals surface area contributed by atoms with E-state index >= 15 is 0 Å². The summed E-state index contributed by atoms with van der Waals surface area (Å²) in [6.45, 7) is 18.7. The highest BCUT2D eigenvalue weighted by Crippen LogP contribution is 2.61. The number of hydrogen-bond donors (Lipinski definition) is 0. The molecule has 0 saturated carbocycles. The van der Waals surface area contributed by atoms with E-state index in [4.69, 9.17) is 14.2 Å². The van der Waals surface area contributed by atoms with Gasteiger partial charge in [-0.05, 0) is 79.6 Å². The van der Waals surface area contributed by atoms with Crippen LogP contribution in [0.15, 0.2) is 48.5 Å². The van der Waals surface area contributed by atoms with Crippen LogP contribution in [0.4, 0.5) is 0 Å². The number of aryl methyl sites for hydroxylation is 1. The lowest BCUT2D eigenvalue weighted by Crippen LogP contribution is -2.27. The molecule has 3 nitrogen and oxygen atoms in total. The van der Waals surface area contributed by atoms with E-state index in [0.29, 0.717) is 11.8 Å². The minimum absolute atomic E-state index is 0.0533. The summed E-state index contributed by atoms with van der Waals surface area (Å²) in [6.07, 6.45) is 3.13. The quantitative estimate of drug-likeness (QED) is 0.251. The molecule has 0 aromatic heterocycles. The predicted molar refractivity (Wildman–Crippen MR) is 168 cm³/mol. The first-order chi connectivity index (χ1) is 18.4. The molecule has 0 N–H and O–H groups in total. The molecule has 3 aromatic rings. The van der Waals surface area contributed by atoms with Crippen LogP contribution in [-0.4, -0.2) is 25.2 Å². The lowest BCUT2D eigenvalue weighted by molar-refractivity contribution is 0.292. The highest BCUT2D eigenvalue weighted by Gasteiger charge is 2.44. The Morgan fingerprint density at radius 1 is 0.846 bits per heavy atom. The lowest BCUT2D eigenvalue weighted by atomic mass is 9.87. The smallest absolute Gasteiger partial charge is 0.130 e. The fraction of sp³-hybridized carbons (Fsp3) is 0.486. The van der Waals surface area contributed by atoms with Crippen molar-refractivity contribution in [2.75, 3.05) is 14.2 Å². The fourth-order valence-electron chi connectivity index (χ4n) is 6.08. The van der Waals surface area contributed by atoms with Gasteiger partial charge in [0.05, 0.1) is 19.8 Å². The van der Waals surface area contributed by atoms with Gasteiger partial charge in [0, 0.05) is 17.3 Å². The molecular formula is C35H47O3P. The first-order valence-electron chi connectivity index (χ1n) is 14.4. The average Bonchev–Trinajstić information content (AvgIpc) is 3.23. The van der Waals surface area contributed by atoms with Crippen LogP contribution in [0.25, 0.3) is 11.1 Å². The van der Waals surface area contributed by atoms with Gasteiger partial charge < -0.3 is 14.2 Å². The van der Waals surface area contributed by atoms with Crippen LogP contribution in [0.1, 0.15) is 70.7 Å². The van der Waals surface area contributed by atoms with E-state index in [2.05, 4.69) is 85.7 Å². The summed E-state index contributed by atoms with van der Waals surface area (Å²) in [5.74, 6) is 3.98. The Labute approximate surface area is 238 Å². The SMILES string of the molecule is COc1cccc(OC)c1-c1cccc2c1[P@](C(C)(C)C)[C@@H](Cc1c(CC(C)C)cc(C)cc1CC(C)C)O2. The number of methoxy groups -OCH3 is 2. The number of rotatable bonds is 9. The van der Waals surface area contributed by atoms with Crippen LogP contribution in [0.3, 0.4) is 0 Å². The predicted octanol–water partition coefficient (Wildman–Crippen LogP) is 8.94. The first kappa shape index (κ1) is 29.5. The molecule has 39 heavy (non-hydrogen) atoms. The van der Waals surface area contributed by atoms with Crippen molar-refractivity contribution in [2.45, 2.75) is 85.7 Å². The van der Waals surface area contributed by atoms with Gasteiger partial charge in [-0.2, -0.15) is 0 Å². The van der Waals surface area contributed by atoms with E-state index in [-0.39, 0.29) is 11.0 Å². The molecule has 0 fully saturated rings. The molecule has 0 spiro atoms. The zero-order valence-corrected chi connectivity index (χ0v) is 26.5. The maximum absolute atomic E-state index is 6.96. The van der Waals surface area contributed by atoms with Gasteiger partial charge in [-0.1, -0.05) is 84.4 Å². The van der Waals surface area contributed by atoms with Gasteiger partial charge in [-0.25, -0.2) is 0 Å². The van der Waals surface area contributed by atoms with Crippen molar-refractivity contribution in [1.29, 1.82) is 0 Å². The standard InChI is InChI=1S/C35H47O3P/c1-22(2)17-25-19-24(5)20-26(18-23(3)4)28(25)21-32-38-31-16-11-13-27(34(31)39(32)35(6,7)8)33-29(36-9)14-12-15-30(33)37-10/h11-16,19-20,22-23,32H,17-18,21H2,1-10H3/t32-,39+/m0/s1. The Morgan fingerprint density at radius 3 is 1.87 bits per heavy atom. The summed E-state index contributed by atoms with van der Waals surface area (Å²) in [5, 5.41) is 1.38. The van der Waals surface area contributed by atoms with Gasteiger partial charge in [-0.3, -0.25) is 0 Å². The number of benzene rings is 3. The van der Waals surface area contributed by atoms with Crippen LogP contribution < -0.4 is 19.5 Å². The van der Waals surface area contributed by atoms with Gasteiger partial charge in [0.1, 0.15) is 23.1 Å². The van der Waals surface area contributed by atoms with E-state index in [0.717, 1.165) is 42.1 Å². The first-order valence-corrected chi connectivity index (χ1v) is 15.8. The Hall–Kier alpha value is -2.51. The maximum Gasteiger partial charge on any atom is 0.130 e. The largest absolute Gasteiger partial charge is 0.496 e. The van der Waals surface area contributed by atoms with Crippen LogP contribution >= 0.6 is 7.92 Å². The Kier molecular flexibility index (Phi) is 9.01. The summed E-state index contributed by atoms with van der Waals surface area (Å²) < 4.78 is 18.7. The molecule has 0 aliphatic carbocycles. The molecule has 0 saturated heterocycles. The zero-order valence-electron chi connectivity index (χ0n) is 25.6. The van der Waals surface area contributed by atoms with Gasteiger partial charge in [0.2, 0.25) is 0 Å². The van der Waals surface area contributed by atoms with Gasteiger partial charge >= 0.3 is 0 Å². The molecule has 3 aromatic carbocycles. The molecule has 1 aliphatic rings. The third-order valence-electron chi connectivity index (χ3n) is 7.42. The van der Waals surface area contributed by atoms with Crippen LogP contribution in [0.2, 0.25) is 0 Å². The van der Waals surface area contributed by atoms with E-state index in [1.54, 1.807) is 14.2 Å². The van der Waals surface area contributed by atoms with Crippen molar-refractivity contribution >= 4 is 13.2 Å². The summed E-state index contributed by atoms with van der Waals surface area (Å²) in [7, 11) is 2.79. The topological polar surface area (TPSA) is 27.7 Å². The van der Waals surface area contributed by atoms with E-state index in [9.17, 15) is 0 Å². The summed E-state index contributed by atoms with van der Waals surface area (Å²) in [6, 6.07) is 17.4. The van der Waals surface area contributed by atoms with E-state index in [1.807, 2.05) is 18.2 Å². The third kappa shape index (κ3) is 6.30. The maximum atomic E-state index is 6.96. The molecule has 1 heterocycles. The number of hydrogen-bond acceptors (Lipinski definition) is 3. The molecule has 0 amide bonds. The van der Waals surface area contributed by atoms with Crippen molar-refractivity contribution < 1.29 is 14.2 Å². The molecule has 0 bridgehead atoms. The summed E-state index contributed by atoms with van der Waals surface area (Å²) in [4.78, 5) is 0. The zero-order chi connectivity index (χ0) is 28.5. The molecule has 4 rings (SSSR count). The average molecular weight is 547 g/mol. The highest BCUT2D eigenvalue weighted by molar-refractivity contribution is 7.68. The second-order valence-electron chi connectivity index (χ2n) is 12.8. The van der Waals surface area contributed by atoms with Crippen LogP contribution in [0, 0.1) is 18.8 Å². The molecular weight excluding hydrogens is 499 g/mol. The van der Waals surface area contributed by atoms with E-state index in [1.165, 1.54) is 33.1 Å². The van der Waals surface area contributed by atoms with E-state index < -0.39 is 7.92 Å². The monoisotopic (exact) mass is 546 g/mol. The fourth-order valence-corrected chi connectivity index (χ4v) is 9.30. The number of ether oxygens (including phenoxy) is 3. The van der Waals surface area contributed by atoms with Gasteiger partial charge in [0.25, 0.3) is 0 Å². The minimum Gasteiger partial charge on any atom is -0.496 e. The minimum atomic E-state index is -0.675. The molecule has 2 atom stereocenters. The lowest BCUT2D eigenvalue weighted by Gasteiger charge is -2.34. The van der Waals surface area contributed by atoms with Gasteiger partial charge in [0.15, 0.2) is 0 Å². The molecule has 4 heteroatoms. The molecule has 210 valence electrons. The normalized spacial score (nSPS) is 16.9. The molecule has 0 radical (unpaired) electrons. The summed E-state index contributed by atoms with van der Waals surface area (Å²) >= 11 is 0. The highest BCUT2D eigenvalue weighted by atomic mass is 31.1. The Bertz CT molecular complexity index is 1250. The van der Waals surface area contributed by atoms with Crippen LogP contribution in [-0.2, 0) is 19.3 Å². The van der Waals surface area contributed by atoms with Crippen LogP contribution in [0.5, 0.6) is 17.2 Å². The van der Waals surface area contributed by atoms with Crippen molar-refractivity contribution in [2.24, 2.45) is 11.8 Å². The Morgan fingerprint density at radius 2 is 1.38 bits per heavy atom. The number of fused-ring (bicyclic) bond motifs is 1. The van der Waals surface area contributed by atoms with Gasteiger partial charge in [-0.15, -0.1) is 0 Å². The van der Waals surface area contributed by atoms with Crippen molar-refractivity contribution in [3.63, 3.8) is 0 Å². The second-order valence-corrected chi connectivity index (χ2v) is 15.9. The third-order valence-corrected chi connectivity index (χ3v) is 10.7. The molecule has 1 aliphatic heterocycles. The van der Waals surface area contributed by atoms with Crippen molar-refractivity contribution in [3.05, 3.63) is 70.8 Å². The molecule has 0 unspecified atom stereocenters.